The van der Waals surface area contributed by atoms with Crippen LogP contribution in [0.4, 0.5) is 5.69 Å². The predicted octanol–water partition coefficient (Wildman–Crippen LogP) is 4.10. The molecule has 0 unspecified atom stereocenters. The molecule has 8 nitrogen and oxygen atoms in total. The van der Waals surface area contributed by atoms with Crippen molar-refractivity contribution in [3.8, 4) is 5.75 Å². The first-order valence-electron chi connectivity index (χ1n) is 11.0. The van der Waals surface area contributed by atoms with E-state index in [1.54, 1.807) is 37.3 Å². The summed E-state index contributed by atoms with van der Waals surface area (Å²) in [5, 5.41) is 3.57. The number of carbonyl (C=O) groups excluding carboxylic acids is 2. The number of sulfonamides is 1. The molecular formula is C24H31Cl2N3O5S. The van der Waals surface area contributed by atoms with Gasteiger partial charge in [0.15, 0.2) is 0 Å². The number of halogens is 2. The molecule has 0 aromatic heterocycles. The number of anilines is 1. The van der Waals surface area contributed by atoms with Gasteiger partial charge >= 0.3 is 0 Å². The highest BCUT2D eigenvalue weighted by Gasteiger charge is 2.31. The van der Waals surface area contributed by atoms with Crippen LogP contribution in [0.1, 0.15) is 32.8 Å². The molecule has 35 heavy (non-hydrogen) atoms. The van der Waals surface area contributed by atoms with Crippen molar-refractivity contribution in [3.05, 3.63) is 58.1 Å². The number of hydrogen-bond acceptors (Lipinski definition) is 5. The molecule has 2 aromatic carbocycles. The van der Waals surface area contributed by atoms with Gasteiger partial charge in [0.05, 0.1) is 19.1 Å². The fourth-order valence-electron chi connectivity index (χ4n) is 3.31. The van der Waals surface area contributed by atoms with Crippen molar-refractivity contribution in [2.45, 2.75) is 45.8 Å². The summed E-state index contributed by atoms with van der Waals surface area (Å²) in [6.07, 6.45) is 1.70. The number of nitrogens with one attached hydrogen (secondary N) is 1. The summed E-state index contributed by atoms with van der Waals surface area (Å²) in [6, 6.07) is 10.5. The molecule has 0 bridgehead atoms. The maximum Gasteiger partial charge on any atom is 0.244 e. The Hall–Kier alpha value is -2.49. The van der Waals surface area contributed by atoms with E-state index in [1.807, 2.05) is 13.8 Å². The van der Waals surface area contributed by atoms with Crippen molar-refractivity contribution in [1.29, 1.82) is 0 Å². The maximum absolute atomic E-state index is 13.6. The molecule has 11 heteroatoms. The second-order valence-corrected chi connectivity index (χ2v) is 10.9. The van der Waals surface area contributed by atoms with E-state index < -0.39 is 28.5 Å². The van der Waals surface area contributed by atoms with Crippen LogP contribution in [0.15, 0.2) is 42.5 Å². The van der Waals surface area contributed by atoms with Gasteiger partial charge in [0, 0.05) is 22.6 Å². The summed E-state index contributed by atoms with van der Waals surface area (Å²) in [6.45, 7) is 4.84. The van der Waals surface area contributed by atoms with Gasteiger partial charge < -0.3 is 15.0 Å². The summed E-state index contributed by atoms with van der Waals surface area (Å²) in [5.74, 6) is -0.719. The van der Waals surface area contributed by atoms with E-state index in [2.05, 4.69) is 5.32 Å². The molecule has 2 atom stereocenters. The topological polar surface area (TPSA) is 96.0 Å². The van der Waals surface area contributed by atoms with Crippen molar-refractivity contribution in [2.75, 3.05) is 24.2 Å². The molecule has 192 valence electrons. The van der Waals surface area contributed by atoms with Gasteiger partial charge in [0.1, 0.15) is 18.3 Å². The lowest BCUT2D eigenvalue weighted by Gasteiger charge is -2.32. The molecule has 0 heterocycles. The van der Waals surface area contributed by atoms with E-state index in [-0.39, 0.29) is 35.0 Å². The number of benzene rings is 2. The molecule has 0 aliphatic rings. The van der Waals surface area contributed by atoms with Gasteiger partial charge in [-0.2, -0.15) is 0 Å². The monoisotopic (exact) mass is 543 g/mol. The summed E-state index contributed by atoms with van der Waals surface area (Å²) >= 11 is 12.4. The number of hydrogen-bond donors (Lipinski definition) is 1. The minimum atomic E-state index is -3.93. The van der Waals surface area contributed by atoms with Gasteiger partial charge in [-0.05, 0) is 50.1 Å². The summed E-state index contributed by atoms with van der Waals surface area (Å²) in [4.78, 5) is 27.8. The van der Waals surface area contributed by atoms with Crippen molar-refractivity contribution >= 4 is 50.7 Å². The van der Waals surface area contributed by atoms with Crippen LogP contribution in [0.2, 0.25) is 10.0 Å². The molecule has 2 aromatic rings. The number of carbonyl (C=O) groups is 2. The minimum Gasteiger partial charge on any atom is -0.495 e. The molecule has 0 aliphatic heterocycles. The lowest BCUT2D eigenvalue weighted by Crippen LogP contribution is -2.52. The van der Waals surface area contributed by atoms with Crippen LogP contribution in [0.3, 0.4) is 0 Å². The Morgan fingerprint density at radius 2 is 1.77 bits per heavy atom. The van der Waals surface area contributed by atoms with E-state index in [9.17, 15) is 18.0 Å². The van der Waals surface area contributed by atoms with Crippen molar-refractivity contribution < 1.29 is 22.7 Å². The number of methoxy groups -OCH3 is 1. The summed E-state index contributed by atoms with van der Waals surface area (Å²) in [7, 11) is -2.54. The number of ether oxygens (including phenoxy) is 1. The molecule has 2 rings (SSSR count). The van der Waals surface area contributed by atoms with Crippen molar-refractivity contribution in [2.24, 2.45) is 0 Å². The Bertz CT molecular complexity index is 1160. The smallest absolute Gasteiger partial charge is 0.244 e. The highest BCUT2D eigenvalue weighted by Crippen LogP contribution is 2.33. The van der Waals surface area contributed by atoms with E-state index >= 15 is 0 Å². The van der Waals surface area contributed by atoms with Gasteiger partial charge in [0.25, 0.3) is 0 Å². The fourth-order valence-corrected chi connectivity index (χ4v) is 4.52. The number of nitrogens with zero attached hydrogens (tertiary/aromatic N) is 2. The first-order valence-corrected chi connectivity index (χ1v) is 13.6. The highest BCUT2D eigenvalue weighted by atomic mass is 35.5. The normalized spacial score (nSPS) is 13.0. The van der Waals surface area contributed by atoms with E-state index in [0.29, 0.717) is 17.0 Å². The highest BCUT2D eigenvalue weighted by molar-refractivity contribution is 7.92. The zero-order valence-corrected chi connectivity index (χ0v) is 22.7. The lowest BCUT2D eigenvalue weighted by molar-refractivity contribution is -0.139. The summed E-state index contributed by atoms with van der Waals surface area (Å²) < 4.78 is 31.7. The first-order chi connectivity index (χ1) is 16.4. The Balaban J connectivity index is 2.47. The molecule has 0 saturated heterocycles. The van der Waals surface area contributed by atoms with Crippen molar-refractivity contribution in [1.82, 2.24) is 10.2 Å². The van der Waals surface area contributed by atoms with Crippen LogP contribution >= 0.6 is 23.2 Å². The fraction of sp³-hybridized carbons (Fsp3) is 0.417. The third-order valence-electron chi connectivity index (χ3n) is 5.56. The Kier molecular flexibility index (Phi) is 10.2. The van der Waals surface area contributed by atoms with E-state index in [4.69, 9.17) is 27.9 Å². The third-order valence-corrected chi connectivity index (χ3v) is 7.29. The number of amides is 2. The van der Waals surface area contributed by atoms with Gasteiger partial charge in [-0.3, -0.25) is 13.9 Å². The molecule has 0 saturated carbocycles. The Labute approximate surface area is 217 Å². The molecule has 0 aliphatic carbocycles. The molecule has 0 spiro atoms. The van der Waals surface area contributed by atoms with Crippen LogP contribution in [-0.2, 0) is 26.2 Å². The predicted molar refractivity (Wildman–Crippen MR) is 140 cm³/mol. The van der Waals surface area contributed by atoms with Gasteiger partial charge in [-0.25, -0.2) is 8.42 Å². The Morgan fingerprint density at radius 1 is 1.11 bits per heavy atom. The number of rotatable bonds is 11. The SMILES string of the molecule is CC[C@H](C)NC(=O)[C@H](C)N(Cc1ccccc1Cl)C(=O)CN(c1cc(Cl)ccc1OC)S(C)(=O)=O. The zero-order chi connectivity index (χ0) is 26.3. The van der Waals surface area contributed by atoms with Gasteiger partial charge in [-0.1, -0.05) is 48.3 Å². The van der Waals surface area contributed by atoms with Gasteiger partial charge in [-0.15, -0.1) is 0 Å². The van der Waals surface area contributed by atoms with Crippen LogP contribution in [-0.4, -0.2) is 57.1 Å². The standard InChI is InChI=1S/C24H31Cl2N3O5S/c1-6-16(2)27-24(31)17(3)28(14-18-9-7-8-10-20(18)26)23(30)15-29(35(5,32)33)21-13-19(25)11-12-22(21)34-4/h7-13,16-17H,6,14-15H2,1-5H3,(H,27,31)/t16-,17-/m0/s1. The first kappa shape index (κ1) is 28.7. The Morgan fingerprint density at radius 3 is 2.34 bits per heavy atom. The summed E-state index contributed by atoms with van der Waals surface area (Å²) in [5.41, 5.74) is 0.738. The van der Waals surface area contributed by atoms with Crippen molar-refractivity contribution in [3.63, 3.8) is 0 Å². The van der Waals surface area contributed by atoms with Gasteiger partial charge in [0.2, 0.25) is 21.8 Å². The molecular weight excluding hydrogens is 513 g/mol. The zero-order valence-electron chi connectivity index (χ0n) is 20.4. The molecule has 1 N–H and O–H groups in total. The van der Waals surface area contributed by atoms with E-state index in [0.717, 1.165) is 10.6 Å². The second kappa shape index (κ2) is 12.5. The average Bonchev–Trinajstić information content (AvgIpc) is 2.80. The van der Waals surface area contributed by atoms with E-state index in [1.165, 1.54) is 24.1 Å². The van der Waals surface area contributed by atoms with Crippen LogP contribution in [0, 0.1) is 0 Å². The lowest BCUT2D eigenvalue weighted by atomic mass is 10.1. The van der Waals surface area contributed by atoms with Crippen LogP contribution in [0.25, 0.3) is 0 Å². The third kappa shape index (κ3) is 7.75. The minimum absolute atomic E-state index is 0.0118. The van der Waals surface area contributed by atoms with Crippen LogP contribution in [0.5, 0.6) is 5.75 Å². The maximum atomic E-state index is 13.6. The average molecular weight is 545 g/mol. The molecule has 2 amide bonds. The largest absolute Gasteiger partial charge is 0.495 e. The second-order valence-electron chi connectivity index (χ2n) is 8.19. The van der Waals surface area contributed by atoms with Crippen LogP contribution < -0.4 is 14.4 Å². The molecule has 0 radical (unpaired) electrons. The quantitative estimate of drug-likeness (QED) is 0.460. The molecule has 0 fully saturated rings.